The summed E-state index contributed by atoms with van der Waals surface area (Å²) in [5, 5.41) is 18.7. The first-order valence-corrected chi connectivity index (χ1v) is 8.99. The lowest BCUT2D eigenvalue weighted by Crippen LogP contribution is -2.40. The van der Waals surface area contributed by atoms with Crippen LogP contribution in [0.4, 0.5) is 9.59 Å². The number of fused-ring (bicyclic) bond motifs is 3. The van der Waals surface area contributed by atoms with Gasteiger partial charge >= 0.3 is 18.1 Å². The predicted octanol–water partition coefficient (Wildman–Crippen LogP) is 1.59. The average Bonchev–Trinajstić information content (AvgIpc) is 3.04. The summed E-state index contributed by atoms with van der Waals surface area (Å²) < 4.78 is 6.08. The molecule has 28 heavy (non-hydrogen) atoms. The quantitative estimate of drug-likeness (QED) is 0.640. The Hall–Kier alpha value is -3.43. The van der Waals surface area contributed by atoms with Crippen molar-refractivity contribution in [1.82, 2.24) is 25.4 Å². The fraction of sp³-hybridized carbons (Fsp3) is 0.389. The lowest BCUT2D eigenvalue weighted by molar-refractivity contribution is 0.0681. The molecule has 1 aliphatic rings. The highest BCUT2D eigenvalue weighted by molar-refractivity contribution is 5.91. The van der Waals surface area contributed by atoms with Gasteiger partial charge in [0.2, 0.25) is 0 Å². The first kappa shape index (κ1) is 19.3. The SMILES string of the molecule is CCOC(=O)NC(=O)NCCCn1nc2c(c1C(=O)O)CCc1cnccc1-2. The molecule has 0 atom stereocenters. The molecule has 2 aromatic heterocycles. The number of carbonyl (C=O) groups excluding carboxylic acids is 2. The molecule has 3 rings (SSSR count). The highest BCUT2D eigenvalue weighted by Crippen LogP contribution is 2.34. The summed E-state index contributed by atoms with van der Waals surface area (Å²) in [4.78, 5) is 38.6. The van der Waals surface area contributed by atoms with Gasteiger partial charge < -0.3 is 15.2 Å². The van der Waals surface area contributed by atoms with Crippen molar-refractivity contribution in [3.8, 4) is 11.3 Å². The number of alkyl carbamates (subject to hydrolysis) is 1. The maximum absolute atomic E-state index is 11.8. The second kappa shape index (κ2) is 8.51. The molecule has 0 fully saturated rings. The summed E-state index contributed by atoms with van der Waals surface area (Å²) in [6.07, 6.45) is 4.39. The summed E-state index contributed by atoms with van der Waals surface area (Å²) in [6, 6.07) is 1.18. The van der Waals surface area contributed by atoms with Crippen molar-refractivity contribution in [1.29, 1.82) is 0 Å². The molecule has 0 spiro atoms. The first-order valence-electron chi connectivity index (χ1n) is 8.99. The number of carbonyl (C=O) groups is 3. The summed E-state index contributed by atoms with van der Waals surface area (Å²) >= 11 is 0. The lowest BCUT2D eigenvalue weighted by Gasteiger charge is -2.14. The first-order chi connectivity index (χ1) is 13.5. The standard InChI is InChI=1S/C18H21N5O5/c1-2-28-18(27)21-17(26)20-7-3-9-23-15(16(24)25)13-5-4-11-10-19-8-6-12(11)14(13)22-23/h6,8,10H,2-5,7,9H2,1H3,(H,24,25)(H2,20,21,26,27). The number of nitrogens with zero attached hydrogens (tertiary/aromatic N) is 3. The van der Waals surface area contributed by atoms with Gasteiger partial charge in [0.25, 0.3) is 0 Å². The minimum absolute atomic E-state index is 0.167. The van der Waals surface area contributed by atoms with Gasteiger partial charge in [-0.3, -0.25) is 9.67 Å². The number of aromatic carboxylic acids is 1. The van der Waals surface area contributed by atoms with Crippen molar-refractivity contribution >= 4 is 18.1 Å². The molecule has 0 aliphatic heterocycles. The van der Waals surface area contributed by atoms with Crippen molar-refractivity contribution in [3.63, 3.8) is 0 Å². The number of carboxylic acids is 1. The topological polar surface area (TPSA) is 135 Å². The number of carboxylic acid groups (broad SMARTS) is 1. The van der Waals surface area contributed by atoms with E-state index in [1.54, 1.807) is 19.3 Å². The summed E-state index contributed by atoms with van der Waals surface area (Å²) in [7, 11) is 0. The Bertz CT molecular complexity index is 908. The van der Waals surface area contributed by atoms with Gasteiger partial charge in [-0.1, -0.05) is 0 Å². The molecule has 3 amide bonds. The predicted molar refractivity (Wildman–Crippen MR) is 98.0 cm³/mol. The Balaban J connectivity index is 1.65. The largest absolute Gasteiger partial charge is 0.477 e. The van der Waals surface area contributed by atoms with E-state index in [4.69, 9.17) is 0 Å². The molecule has 1 aliphatic carbocycles. The fourth-order valence-electron chi connectivity index (χ4n) is 3.21. The second-order valence-corrected chi connectivity index (χ2v) is 6.19. The molecule has 0 radical (unpaired) electrons. The van der Waals surface area contributed by atoms with Gasteiger partial charge in [0.1, 0.15) is 5.69 Å². The van der Waals surface area contributed by atoms with E-state index in [0.717, 1.165) is 23.1 Å². The number of rotatable bonds is 6. The molecule has 2 aromatic rings. The van der Waals surface area contributed by atoms with E-state index in [-0.39, 0.29) is 18.8 Å². The van der Waals surface area contributed by atoms with E-state index in [2.05, 4.69) is 20.1 Å². The van der Waals surface area contributed by atoms with Crippen LogP contribution >= 0.6 is 0 Å². The van der Waals surface area contributed by atoms with Gasteiger partial charge in [0.15, 0.2) is 0 Å². The number of amides is 3. The van der Waals surface area contributed by atoms with Crippen LogP contribution < -0.4 is 10.6 Å². The van der Waals surface area contributed by atoms with E-state index in [1.807, 2.05) is 11.4 Å². The third-order valence-electron chi connectivity index (χ3n) is 4.38. The third-order valence-corrected chi connectivity index (χ3v) is 4.38. The average molecular weight is 387 g/mol. The van der Waals surface area contributed by atoms with E-state index < -0.39 is 18.1 Å². The minimum Gasteiger partial charge on any atom is -0.477 e. The minimum atomic E-state index is -1.03. The van der Waals surface area contributed by atoms with Crippen LogP contribution in [0.3, 0.4) is 0 Å². The van der Waals surface area contributed by atoms with Crippen LogP contribution in [0.25, 0.3) is 11.3 Å². The van der Waals surface area contributed by atoms with Gasteiger partial charge in [-0.25, -0.2) is 19.7 Å². The summed E-state index contributed by atoms with van der Waals surface area (Å²) in [5.74, 6) is -1.03. The maximum atomic E-state index is 11.8. The van der Waals surface area contributed by atoms with Crippen LogP contribution in [-0.4, -0.2) is 51.1 Å². The lowest BCUT2D eigenvalue weighted by atomic mass is 9.90. The smallest absolute Gasteiger partial charge is 0.415 e. The number of nitrogens with one attached hydrogen (secondary N) is 2. The highest BCUT2D eigenvalue weighted by atomic mass is 16.5. The van der Waals surface area contributed by atoms with Crippen LogP contribution in [0.2, 0.25) is 0 Å². The number of imide groups is 1. The summed E-state index contributed by atoms with van der Waals surface area (Å²) in [5.41, 5.74) is 3.53. The molecule has 10 heteroatoms. The number of aryl methyl sites for hydroxylation is 2. The van der Waals surface area contributed by atoms with E-state index in [1.165, 1.54) is 4.68 Å². The van der Waals surface area contributed by atoms with Crippen LogP contribution in [0.5, 0.6) is 0 Å². The monoisotopic (exact) mass is 387 g/mol. The molecule has 0 bridgehead atoms. The Morgan fingerprint density at radius 3 is 2.89 bits per heavy atom. The molecular formula is C18H21N5O5. The molecule has 0 saturated carbocycles. The van der Waals surface area contributed by atoms with Gasteiger partial charge in [0.05, 0.1) is 12.3 Å². The molecular weight excluding hydrogens is 366 g/mol. The Morgan fingerprint density at radius 2 is 2.14 bits per heavy atom. The zero-order valence-electron chi connectivity index (χ0n) is 15.4. The van der Waals surface area contributed by atoms with Gasteiger partial charge in [-0.2, -0.15) is 5.10 Å². The van der Waals surface area contributed by atoms with Crippen LogP contribution in [0.15, 0.2) is 18.5 Å². The normalized spacial score (nSPS) is 11.9. The van der Waals surface area contributed by atoms with Crippen molar-refractivity contribution in [2.24, 2.45) is 0 Å². The molecule has 148 valence electrons. The van der Waals surface area contributed by atoms with Crippen molar-refractivity contribution in [2.45, 2.75) is 32.7 Å². The van der Waals surface area contributed by atoms with Crippen LogP contribution in [-0.2, 0) is 24.1 Å². The van der Waals surface area contributed by atoms with Crippen molar-refractivity contribution in [3.05, 3.63) is 35.3 Å². The number of aromatic nitrogens is 3. The number of hydrogen-bond donors (Lipinski definition) is 3. The molecule has 2 heterocycles. The zero-order chi connectivity index (χ0) is 20.1. The Labute approximate surface area is 160 Å². The van der Waals surface area contributed by atoms with Crippen molar-refractivity contribution < 1.29 is 24.2 Å². The molecule has 0 saturated heterocycles. The molecule has 0 unspecified atom stereocenters. The maximum Gasteiger partial charge on any atom is 0.415 e. The van der Waals surface area contributed by atoms with Gasteiger partial charge in [-0.05, 0) is 37.8 Å². The summed E-state index contributed by atoms with van der Waals surface area (Å²) in [6.45, 7) is 2.36. The second-order valence-electron chi connectivity index (χ2n) is 6.19. The highest BCUT2D eigenvalue weighted by Gasteiger charge is 2.27. The van der Waals surface area contributed by atoms with E-state index >= 15 is 0 Å². The molecule has 0 aromatic carbocycles. The van der Waals surface area contributed by atoms with Gasteiger partial charge in [-0.15, -0.1) is 0 Å². The Kier molecular flexibility index (Phi) is 5.87. The van der Waals surface area contributed by atoms with Crippen LogP contribution in [0, 0.1) is 0 Å². The number of pyridine rings is 1. The van der Waals surface area contributed by atoms with E-state index in [0.29, 0.717) is 25.1 Å². The van der Waals surface area contributed by atoms with Crippen LogP contribution in [0.1, 0.15) is 35.0 Å². The molecule has 10 nitrogen and oxygen atoms in total. The molecule has 3 N–H and O–H groups in total. The Morgan fingerprint density at radius 1 is 1.32 bits per heavy atom. The fourth-order valence-corrected chi connectivity index (χ4v) is 3.21. The number of ether oxygens (including phenoxy) is 1. The number of hydrogen-bond acceptors (Lipinski definition) is 6. The number of urea groups is 1. The van der Waals surface area contributed by atoms with E-state index in [9.17, 15) is 19.5 Å². The van der Waals surface area contributed by atoms with Crippen molar-refractivity contribution in [2.75, 3.05) is 13.2 Å². The van der Waals surface area contributed by atoms with Gasteiger partial charge in [0, 0.05) is 36.6 Å². The zero-order valence-corrected chi connectivity index (χ0v) is 15.4. The third kappa shape index (κ3) is 4.11.